The number of ether oxygens (including phenoxy) is 1. The molecule has 172 valence electrons. The Bertz CT molecular complexity index is 1050. The van der Waals surface area contributed by atoms with Gasteiger partial charge in [0.25, 0.3) is 0 Å². The molecule has 1 saturated carbocycles. The lowest BCUT2D eigenvalue weighted by Gasteiger charge is -2.26. The monoisotopic (exact) mass is 438 g/mol. The summed E-state index contributed by atoms with van der Waals surface area (Å²) in [5, 5.41) is 0. The van der Waals surface area contributed by atoms with Crippen LogP contribution in [-0.2, 0) is 4.74 Å². The van der Waals surface area contributed by atoms with Gasteiger partial charge in [0.05, 0.1) is 12.9 Å². The molecule has 33 heavy (non-hydrogen) atoms. The van der Waals surface area contributed by atoms with Gasteiger partial charge in [-0.15, -0.1) is 0 Å². The molecule has 1 aromatic carbocycles. The highest BCUT2D eigenvalue weighted by Gasteiger charge is 2.22. The summed E-state index contributed by atoms with van der Waals surface area (Å²) in [5.41, 5.74) is 7.65. The Hall–Kier alpha value is -2.90. The van der Waals surface area contributed by atoms with Gasteiger partial charge in [-0.3, -0.25) is 0 Å². The van der Waals surface area contributed by atoms with E-state index in [1.165, 1.54) is 60.0 Å². The summed E-state index contributed by atoms with van der Waals surface area (Å²) >= 11 is 0. The van der Waals surface area contributed by atoms with E-state index in [9.17, 15) is 0 Å². The van der Waals surface area contributed by atoms with Gasteiger partial charge in [-0.1, -0.05) is 74.5 Å². The summed E-state index contributed by atoms with van der Waals surface area (Å²) in [6.07, 6.45) is 17.1. The number of hydrogen-bond acceptors (Lipinski definition) is 1. The molecule has 0 N–H and O–H groups in total. The van der Waals surface area contributed by atoms with Crippen LogP contribution in [-0.4, -0.2) is 7.11 Å². The van der Waals surface area contributed by atoms with E-state index < -0.39 is 0 Å². The van der Waals surface area contributed by atoms with Crippen molar-refractivity contribution in [2.75, 3.05) is 7.11 Å². The highest BCUT2D eigenvalue weighted by molar-refractivity contribution is 5.52. The van der Waals surface area contributed by atoms with Crippen LogP contribution in [0.15, 0.2) is 70.5 Å². The second-order valence-electron chi connectivity index (χ2n) is 8.83. The zero-order valence-corrected chi connectivity index (χ0v) is 20.9. The minimum atomic E-state index is 0.648. The maximum Gasteiger partial charge on any atom is 0.0959 e. The van der Waals surface area contributed by atoms with Gasteiger partial charge in [-0.05, 0) is 80.9 Å². The van der Waals surface area contributed by atoms with E-state index in [2.05, 4.69) is 73.1 Å². The summed E-state index contributed by atoms with van der Waals surface area (Å²) in [5.74, 6) is 15.6. The van der Waals surface area contributed by atoms with Crippen molar-refractivity contribution in [3.05, 3.63) is 81.7 Å². The molecule has 0 aliphatic heterocycles. The van der Waals surface area contributed by atoms with Crippen LogP contribution in [0.25, 0.3) is 0 Å². The van der Waals surface area contributed by atoms with Crippen LogP contribution in [0.5, 0.6) is 0 Å². The molecule has 1 aromatic rings. The van der Waals surface area contributed by atoms with Crippen LogP contribution in [0.3, 0.4) is 0 Å². The molecule has 0 unspecified atom stereocenters. The van der Waals surface area contributed by atoms with Crippen molar-refractivity contribution in [2.45, 2.75) is 78.6 Å². The normalized spacial score (nSPS) is 18.2. The fourth-order valence-electron chi connectivity index (χ4n) is 4.60. The quantitative estimate of drug-likeness (QED) is 0.423. The Labute approximate surface area is 201 Å². The lowest BCUT2D eigenvalue weighted by atomic mass is 9.78. The molecule has 3 aliphatic rings. The second kappa shape index (κ2) is 13.0. The van der Waals surface area contributed by atoms with Crippen LogP contribution >= 0.6 is 0 Å². The van der Waals surface area contributed by atoms with Crippen LogP contribution < -0.4 is 0 Å². The fraction of sp³-hybridized carbons (Fsp3) is 0.438. The molecule has 0 bridgehead atoms. The number of aryl methyl sites for hydroxylation is 1. The molecule has 1 fully saturated rings. The summed E-state index contributed by atoms with van der Waals surface area (Å²) < 4.78 is 5.34. The van der Waals surface area contributed by atoms with Crippen LogP contribution in [0, 0.1) is 36.5 Å². The first-order valence-electron chi connectivity index (χ1n) is 12.7. The van der Waals surface area contributed by atoms with Gasteiger partial charge in [0.15, 0.2) is 0 Å². The predicted molar refractivity (Wildman–Crippen MR) is 141 cm³/mol. The highest BCUT2D eigenvalue weighted by atomic mass is 16.5. The van der Waals surface area contributed by atoms with Gasteiger partial charge in [0.1, 0.15) is 0 Å². The van der Waals surface area contributed by atoms with Crippen molar-refractivity contribution < 1.29 is 4.74 Å². The summed E-state index contributed by atoms with van der Waals surface area (Å²) in [4.78, 5) is 0. The topological polar surface area (TPSA) is 9.23 Å². The Morgan fingerprint density at radius 3 is 2.12 bits per heavy atom. The molecule has 0 radical (unpaired) electrons. The zero-order chi connectivity index (χ0) is 23.5. The molecule has 0 heterocycles. The van der Waals surface area contributed by atoms with Gasteiger partial charge in [-0.2, -0.15) is 0 Å². The number of rotatable bonds is 2. The maximum atomic E-state index is 5.34. The first kappa shape index (κ1) is 24.7. The van der Waals surface area contributed by atoms with E-state index in [4.69, 9.17) is 4.74 Å². The van der Waals surface area contributed by atoms with Crippen molar-refractivity contribution >= 4 is 0 Å². The molecule has 4 rings (SSSR count). The molecule has 1 heteroatoms. The van der Waals surface area contributed by atoms with E-state index in [1.807, 2.05) is 13.8 Å². The van der Waals surface area contributed by atoms with Gasteiger partial charge >= 0.3 is 0 Å². The van der Waals surface area contributed by atoms with Gasteiger partial charge < -0.3 is 4.74 Å². The lowest BCUT2D eigenvalue weighted by molar-refractivity contribution is 0.276. The maximum absolute atomic E-state index is 5.34. The van der Waals surface area contributed by atoms with E-state index in [0.717, 1.165) is 37.0 Å². The minimum absolute atomic E-state index is 0.648. The Kier molecular flexibility index (Phi) is 9.72. The van der Waals surface area contributed by atoms with Crippen molar-refractivity contribution in [2.24, 2.45) is 5.92 Å². The smallest absolute Gasteiger partial charge is 0.0959 e. The average Bonchev–Trinajstić information content (AvgIpc) is 2.89. The Balaban J connectivity index is 0.00000149. The first-order chi connectivity index (χ1) is 16.2. The molecule has 0 atom stereocenters. The van der Waals surface area contributed by atoms with Crippen molar-refractivity contribution in [1.82, 2.24) is 0 Å². The third-order valence-electron chi connectivity index (χ3n) is 6.53. The predicted octanol–water partition coefficient (Wildman–Crippen LogP) is 8.22. The number of allylic oxidation sites excluding steroid dienone is 8. The average molecular weight is 439 g/mol. The molecule has 1 nitrogen and oxygen atoms in total. The molecule has 0 amide bonds. The molecular weight excluding hydrogens is 400 g/mol. The van der Waals surface area contributed by atoms with Gasteiger partial charge in [0.2, 0.25) is 0 Å². The SMILES string of the molecule is CC.COC1=CC=C(C#CC2=C(C3CCCCC3)C=C(C#Cc3ccc(C)cc3)CC2)CC1. The largest absolute Gasteiger partial charge is 0.501 e. The number of methoxy groups -OCH3 is 1. The summed E-state index contributed by atoms with van der Waals surface area (Å²) in [6.45, 7) is 6.11. The molecule has 3 aliphatic carbocycles. The van der Waals surface area contributed by atoms with E-state index >= 15 is 0 Å². The van der Waals surface area contributed by atoms with Crippen molar-refractivity contribution in [3.8, 4) is 23.7 Å². The molecule has 0 saturated heterocycles. The van der Waals surface area contributed by atoms with E-state index in [1.54, 1.807) is 7.11 Å². The Morgan fingerprint density at radius 2 is 1.45 bits per heavy atom. The highest BCUT2D eigenvalue weighted by Crippen LogP contribution is 2.36. The van der Waals surface area contributed by atoms with Gasteiger partial charge in [-0.25, -0.2) is 0 Å². The third-order valence-corrected chi connectivity index (χ3v) is 6.53. The minimum Gasteiger partial charge on any atom is -0.501 e. The van der Waals surface area contributed by atoms with Crippen LogP contribution in [0.2, 0.25) is 0 Å². The Morgan fingerprint density at radius 1 is 0.758 bits per heavy atom. The van der Waals surface area contributed by atoms with Crippen LogP contribution in [0.1, 0.15) is 82.8 Å². The summed E-state index contributed by atoms with van der Waals surface area (Å²) in [6, 6.07) is 8.49. The lowest BCUT2D eigenvalue weighted by Crippen LogP contribution is -2.12. The fourth-order valence-corrected chi connectivity index (χ4v) is 4.60. The standard InChI is InChI=1S/C30H32O.C2H6/c1-23-8-10-24(11-9-23)12-13-26-15-19-28(30(22-26)27-6-4-3-5-7-27)18-14-25-16-20-29(31-2)21-17-25;1-2/h8-11,16,20,22,27H,3-7,15,17,19,21H2,1-2H3;1-2H3. The number of hydrogen-bond donors (Lipinski definition) is 0. The second-order valence-corrected chi connectivity index (χ2v) is 8.83. The third kappa shape index (κ3) is 7.30. The molecular formula is C32H38O. The molecule has 0 aromatic heterocycles. The number of benzene rings is 1. The molecule has 0 spiro atoms. The van der Waals surface area contributed by atoms with E-state index in [0.29, 0.717) is 5.92 Å². The van der Waals surface area contributed by atoms with Crippen LogP contribution in [0.4, 0.5) is 0 Å². The van der Waals surface area contributed by atoms with Crippen molar-refractivity contribution in [3.63, 3.8) is 0 Å². The first-order valence-corrected chi connectivity index (χ1v) is 12.7. The van der Waals surface area contributed by atoms with Gasteiger partial charge in [0, 0.05) is 28.7 Å². The zero-order valence-electron chi connectivity index (χ0n) is 20.9. The van der Waals surface area contributed by atoms with Crippen molar-refractivity contribution in [1.29, 1.82) is 0 Å². The summed E-state index contributed by atoms with van der Waals surface area (Å²) in [7, 11) is 1.74. The van der Waals surface area contributed by atoms with E-state index in [-0.39, 0.29) is 0 Å².